The fourth-order valence-corrected chi connectivity index (χ4v) is 10.8. The zero-order chi connectivity index (χ0) is 30.8. The third kappa shape index (κ3) is 7.13. The zero-order valence-electron chi connectivity index (χ0n) is 28.0. The van der Waals surface area contributed by atoms with Crippen LogP contribution in [0.2, 0.25) is 12.6 Å². The van der Waals surface area contributed by atoms with Gasteiger partial charge in [0.05, 0.1) is 12.2 Å². The number of rotatable bonds is 12. The molecule has 1 aromatic carbocycles. The highest BCUT2D eigenvalue weighted by Gasteiger charge is 2.59. The van der Waals surface area contributed by atoms with Gasteiger partial charge in [0.15, 0.2) is 0 Å². The van der Waals surface area contributed by atoms with E-state index in [1.54, 1.807) is 5.57 Å². The Bertz CT molecular complexity index is 1110. The molecule has 0 aromatic heterocycles. The average Bonchev–Trinajstić information content (AvgIpc) is 3.33. The number of hydrogen-bond donors (Lipinski definition) is 1. The van der Waals surface area contributed by atoms with Crippen molar-refractivity contribution >= 4 is 15.0 Å². The van der Waals surface area contributed by atoms with Gasteiger partial charge in [-0.2, -0.15) is 0 Å². The molecule has 3 saturated carbocycles. The maximum Gasteiger partial charge on any atom is 0.338 e. The van der Waals surface area contributed by atoms with Crippen LogP contribution in [-0.4, -0.2) is 32.5 Å². The maximum atomic E-state index is 13.1. The van der Waals surface area contributed by atoms with Crippen LogP contribution in [-0.2, 0) is 4.74 Å². The van der Waals surface area contributed by atoms with Crippen molar-refractivity contribution in [2.24, 2.45) is 46.3 Å². The van der Waals surface area contributed by atoms with E-state index in [0.717, 1.165) is 73.0 Å². The monoisotopic (exact) mass is 607 g/mol. The molecular weight excluding hydrogens is 549 g/mol. The molecule has 4 aliphatic rings. The van der Waals surface area contributed by atoms with E-state index in [9.17, 15) is 9.59 Å². The van der Waals surface area contributed by atoms with Crippen molar-refractivity contribution in [3.8, 4) is 5.75 Å². The van der Waals surface area contributed by atoms with Crippen molar-refractivity contribution in [3.05, 3.63) is 41.5 Å². The summed E-state index contributed by atoms with van der Waals surface area (Å²) in [5, 5.41) is 0. The molecule has 0 saturated heterocycles. The SMILES string of the molecule is CC(C)CCC[C@@H](C)[C@H]1CC[C@H]2[C@@H]3CC=C4CC(OC(=O)c5ccc(OCCC[Si](C)O)cc5)CC[C@]4(C)[C@H]3CC[C@]12C. The van der Waals surface area contributed by atoms with Gasteiger partial charge < -0.3 is 14.3 Å². The predicted molar refractivity (Wildman–Crippen MR) is 177 cm³/mol. The molecule has 4 aliphatic carbocycles. The van der Waals surface area contributed by atoms with Crippen molar-refractivity contribution in [1.82, 2.24) is 0 Å². The van der Waals surface area contributed by atoms with Gasteiger partial charge in [-0.25, -0.2) is 4.79 Å². The summed E-state index contributed by atoms with van der Waals surface area (Å²) in [7, 11) is -1.20. The van der Waals surface area contributed by atoms with Gasteiger partial charge in [0.25, 0.3) is 0 Å². The Morgan fingerprint density at radius 2 is 1.77 bits per heavy atom. The molecule has 3 fully saturated rings. The van der Waals surface area contributed by atoms with Crippen LogP contribution < -0.4 is 4.74 Å². The Hall–Kier alpha value is -1.59. The fourth-order valence-electron chi connectivity index (χ4n) is 10.2. The number of carbonyl (C=O) groups is 1. The second kappa shape index (κ2) is 13.8. The minimum Gasteiger partial charge on any atom is -0.494 e. The molecule has 0 heterocycles. The van der Waals surface area contributed by atoms with E-state index in [-0.39, 0.29) is 17.5 Å². The van der Waals surface area contributed by atoms with E-state index in [1.165, 1.54) is 51.4 Å². The maximum absolute atomic E-state index is 13.1. The van der Waals surface area contributed by atoms with Gasteiger partial charge in [0.2, 0.25) is 9.04 Å². The molecule has 239 valence electrons. The number of ether oxygens (including phenoxy) is 2. The molecule has 0 amide bonds. The van der Waals surface area contributed by atoms with Gasteiger partial charge in [-0.05, 0) is 135 Å². The van der Waals surface area contributed by atoms with Crippen LogP contribution in [0, 0.1) is 46.3 Å². The van der Waals surface area contributed by atoms with E-state index in [1.807, 2.05) is 30.8 Å². The molecule has 5 rings (SSSR count). The lowest BCUT2D eigenvalue weighted by atomic mass is 9.47. The number of fused-ring (bicyclic) bond motifs is 5. The Kier molecular flexibility index (Phi) is 10.5. The molecule has 0 aliphatic heterocycles. The summed E-state index contributed by atoms with van der Waals surface area (Å²) < 4.78 is 11.9. The van der Waals surface area contributed by atoms with Crippen LogP contribution in [0.5, 0.6) is 5.75 Å². The quantitative estimate of drug-likeness (QED) is 0.111. The zero-order valence-corrected chi connectivity index (χ0v) is 29.0. The van der Waals surface area contributed by atoms with E-state index in [0.29, 0.717) is 17.6 Å². The smallest absolute Gasteiger partial charge is 0.338 e. The Labute approximate surface area is 264 Å². The van der Waals surface area contributed by atoms with Gasteiger partial charge in [0.1, 0.15) is 11.9 Å². The first-order valence-corrected chi connectivity index (χ1v) is 19.8. The average molecular weight is 608 g/mol. The Morgan fingerprint density at radius 3 is 2.49 bits per heavy atom. The molecule has 1 aromatic rings. The first-order chi connectivity index (χ1) is 20.5. The lowest BCUT2D eigenvalue weighted by molar-refractivity contribution is -0.0594. The van der Waals surface area contributed by atoms with Crippen molar-refractivity contribution in [3.63, 3.8) is 0 Å². The second-order valence-corrected chi connectivity index (χ2v) is 17.7. The highest BCUT2D eigenvalue weighted by molar-refractivity contribution is 6.48. The molecule has 1 N–H and O–H groups in total. The van der Waals surface area contributed by atoms with Gasteiger partial charge in [-0.1, -0.05) is 65.5 Å². The molecule has 5 heteroatoms. The number of esters is 1. The molecule has 1 unspecified atom stereocenters. The van der Waals surface area contributed by atoms with Crippen LogP contribution in [0.3, 0.4) is 0 Å². The van der Waals surface area contributed by atoms with Gasteiger partial charge >= 0.3 is 5.97 Å². The largest absolute Gasteiger partial charge is 0.494 e. The van der Waals surface area contributed by atoms with Crippen molar-refractivity contribution in [1.29, 1.82) is 0 Å². The molecule has 4 nitrogen and oxygen atoms in total. The number of hydrogen-bond acceptors (Lipinski definition) is 4. The van der Waals surface area contributed by atoms with Gasteiger partial charge in [-0.3, -0.25) is 0 Å². The van der Waals surface area contributed by atoms with Gasteiger partial charge in [0, 0.05) is 6.42 Å². The Morgan fingerprint density at radius 1 is 1.00 bits per heavy atom. The standard InChI is InChI=1S/C38H59O4Si/c1-26(2)9-7-10-27(3)33-17-18-34-32-16-13-29-25-31(19-21-37(29,4)35(32)20-22-38(33,34)5)42-36(39)28-11-14-30(15-12-28)41-23-8-24-43(6)40/h11-15,26-27,31-35,40H,7-10,16-25H2,1-6H3/t27-,31?,32+,33-,34+,35+,37+,38-/m1/s1. The highest BCUT2D eigenvalue weighted by Crippen LogP contribution is 2.67. The Balaban J connectivity index is 1.16. The lowest BCUT2D eigenvalue weighted by Gasteiger charge is -2.58. The van der Waals surface area contributed by atoms with E-state index >= 15 is 0 Å². The summed E-state index contributed by atoms with van der Waals surface area (Å²) in [6, 6.07) is 8.16. The molecule has 0 bridgehead atoms. The first kappa shape index (κ1) is 32.8. The summed E-state index contributed by atoms with van der Waals surface area (Å²) in [6.07, 6.45) is 17.5. The molecule has 43 heavy (non-hydrogen) atoms. The van der Waals surface area contributed by atoms with Crippen LogP contribution in [0.4, 0.5) is 0 Å². The number of allylic oxidation sites excluding steroid dienone is 1. The lowest BCUT2D eigenvalue weighted by Crippen LogP contribution is -2.51. The van der Waals surface area contributed by atoms with Crippen LogP contribution in [0.1, 0.15) is 122 Å². The number of benzene rings is 1. The van der Waals surface area contributed by atoms with Crippen LogP contribution in [0.25, 0.3) is 0 Å². The second-order valence-electron chi connectivity index (χ2n) is 15.8. The van der Waals surface area contributed by atoms with Crippen molar-refractivity contribution in [2.45, 2.75) is 130 Å². The summed E-state index contributed by atoms with van der Waals surface area (Å²) in [6.45, 7) is 15.0. The summed E-state index contributed by atoms with van der Waals surface area (Å²) >= 11 is 0. The van der Waals surface area contributed by atoms with E-state index in [4.69, 9.17) is 9.47 Å². The molecule has 0 spiro atoms. The van der Waals surface area contributed by atoms with Crippen LogP contribution in [0.15, 0.2) is 35.9 Å². The normalized spacial score (nSPS) is 34.3. The fraction of sp³-hybridized carbons (Fsp3) is 0.763. The number of carbonyl (C=O) groups excluding carboxylic acids is 1. The molecule has 8 atom stereocenters. The summed E-state index contributed by atoms with van der Waals surface area (Å²) in [5.74, 6) is 5.60. The van der Waals surface area contributed by atoms with E-state index < -0.39 is 9.04 Å². The summed E-state index contributed by atoms with van der Waals surface area (Å²) in [4.78, 5) is 22.6. The topological polar surface area (TPSA) is 55.8 Å². The van der Waals surface area contributed by atoms with Crippen molar-refractivity contribution < 1.29 is 19.1 Å². The minimum absolute atomic E-state index is 0.0285. The highest BCUT2D eigenvalue weighted by atomic mass is 28.3. The van der Waals surface area contributed by atoms with Crippen molar-refractivity contribution in [2.75, 3.05) is 6.61 Å². The third-order valence-electron chi connectivity index (χ3n) is 12.6. The first-order valence-electron chi connectivity index (χ1n) is 17.7. The van der Waals surface area contributed by atoms with E-state index in [2.05, 4.69) is 40.7 Å². The third-order valence-corrected chi connectivity index (χ3v) is 13.7. The van der Waals surface area contributed by atoms with Gasteiger partial charge in [-0.15, -0.1) is 0 Å². The predicted octanol–water partition coefficient (Wildman–Crippen LogP) is 9.64. The minimum atomic E-state index is -1.20. The molecular formula is C38H59O4Si. The summed E-state index contributed by atoms with van der Waals surface area (Å²) in [5.41, 5.74) is 2.95. The molecule has 1 radical (unpaired) electrons. The van der Waals surface area contributed by atoms with Crippen LogP contribution >= 0.6 is 0 Å².